The Morgan fingerprint density at radius 2 is 1.65 bits per heavy atom. The van der Waals surface area contributed by atoms with Crippen LogP contribution in [0.5, 0.6) is 0 Å². The van der Waals surface area contributed by atoms with Gasteiger partial charge in [-0.3, -0.25) is 0 Å². The minimum Gasteiger partial charge on any atom is -0.319 e. The number of rotatable bonds is 2. The van der Waals surface area contributed by atoms with Crippen molar-refractivity contribution < 1.29 is 26.3 Å². The second-order valence-corrected chi connectivity index (χ2v) is 3.07. The molecule has 1 aromatic carbocycles. The van der Waals surface area contributed by atoms with Crippen LogP contribution in [0.1, 0.15) is 17.2 Å². The average molecular weight is 280 g/mol. The third-order valence-corrected chi connectivity index (χ3v) is 1.96. The Bertz CT molecular complexity index is 378. The van der Waals surface area contributed by atoms with Gasteiger partial charge in [-0.15, -0.1) is 12.4 Å². The Balaban J connectivity index is 0.00000256. The van der Waals surface area contributed by atoms with Gasteiger partial charge in [-0.05, 0) is 6.07 Å². The summed E-state index contributed by atoms with van der Waals surface area (Å²) >= 11 is 0. The van der Waals surface area contributed by atoms with Crippen molar-refractivity contribution in [3.8, 4) is 0 Å². The lowest BCUT2D eigenvalue weighted by Crippen LogP contribution is -2.22. The van der Waals surface area contributed by atoms with E-state index >= 15 is 0 Å². The third-order valence-electron chi connectivity index (χ3n) is 1.96. The predicted molar refractivity (Wildman–Crippen MR) is 51.6 cm³/mol. The SMILES string of the molecule is Cl.N[C@@H](c1cccc(C(F)(F)F)c1F)C(F)F. The van der Waals surface area contributed by atoms with E-state index in [4.69, 9.17) is 5.73 Å². The molecule has 8 heteroatoms. The molecule has 0 aliphatic heterocycles. The van der Waals surface area contributed by atoms with Gasteiger partial charge < -0.3 is 5.73 Å². The Labute approximate surface area is 99.0 Å². The molecule has 17 heavy (non-hydrogen) atoms. The Morgan fingerprint density at radius 1 is 1.12 bits per heavy atom. The minimum absolute atomic E-state index is 0. The lowest BCUT2D eigenvalue weighted by atomic mass is 10.0. The van der Waals surface area contributed by atoms with Crippen LogP contribution in [0.3, 0.4) is 0 Å². The molecule has 0 fully saturated rings. The van der Waals surface area contributed by atoms with Crippen molar-refractivity contribution in [1.82, 2.24) is 0 Å². The topological polar surface area (TPSA) is 26.0 Å². The molecule has 0 unspecified atom stereocenters. The van der Waals surface area contributed by atoms with Crippen molar-refractivity contribution in [2.24, 2.45) is 5.73 Å². The van der Waals surface area contributed by atoms with Gasteiger partial charge >= 0.3 is 6.18 Å². The molecule has 0 saturated carbocycles. The molecular weight excluding hydrogens is 272 g/mol. The number of benzene rings is 1. The highest BCUT2D eigenvalue weighted by Gasteiger charge is 2.36. The van der Waals surface area contributed by atoms with Crippen molar-refractivity contribution >= 4 is 12.4 Å². The first kappa shape index (κ1) is 16.1. The third kappa shape index (κ3) is 3.50. The largest absolute Gasteiger partial charge is 0.419 e. The maximum Gasteiger partial charge on any atom is 0.419 e. The lowest BCUT2D eigenvalue weighted by Gasteiger charge is -2.15. The number of halogens is 7. The summed E-state index contributed by atoms with van der Waals surface area (Å²) in [4.78, 5) is 0. The fourth-order valence-corrected chi connectivity index (χ4v) is 1.16. The highest BCUT2D eigenvalue weighted by molar-refractivity contribution is 5.85. The molecule has 0 spiro atoms. The van der Waals surface area contributed by atoms with E-state index in [1.54, 1.807) is 0 Å². The second-order valence-electron chi connectivity index (χ2n) is 3.07. The molecule has 0 aliphatic rings. The summed E-state index contributed by atoms with van der Waals surface area (Å²) in [5.74, 6) is -1.75. The summed E-state index contributed by atoms with van der Waals surface area (Å²) in [5, 5.41) is 0. The summed E-state index contributed by atoms with van der Waals surface area (Å²) < 4.78 is 74.2. The minimum atomic E-state index is -4.93. The smallest absolute Gasteiger partial charge is 0.319 e. The molecule has 2 N–H and O–H groups in total. The summed E-state index contributed by atoms with van der Waals surface area (Å²) in [5.41, 5.74) is 2.45. The zero-order valence-corrected chi connectivity index (χ0v) is 8.96. The maximum absolute atomic E-state index is 13.2. The van der Waals surface area contributed by atoms with Crippen molar-refractivity contribution in [2.45, 2.75) is 18.6 Å². The Hall–Kier alpha value is -0.950. The fourth-order valence-electron chi connectivity index (χ4n) is 1.16. The van der Waals surface area contributed by atoms with E-state index in [1.165, 1.54) is 0 Å². The first-order chi connectivity index (χ1) is 7.25. The van der Waals surface area contributed by atoms with Gasteiger partial charge in [-0.2, -0.15) is 13.2 Å². The lowest BCUT2D eigenvalue weighted by molar-refractivity contribution is -0.140. The maximum atomic E-state index is 13.2. The standard InChI is InChI=1S/C9H7F6N.ClH/c10-6-4(7(16)8(11)12)2-1-3-5(6)9(13,14)15;/h1-3,7-8H,16H2;1H/t7-;/m0./s1. The van der Waals surface area contributed by atoms with Crippen LogP contribution < -0.4 is 5.73 Å². The van der Waals surface area contributed by atoms with Crippen LogP contribution in [0.15, 0.2) is 18.2 Å². The predicted octanol–water partition coefficient (Wildman–Crippen LogP) is 3.53. The van der Waals surface area contributed by atoms with Gasteiger partial charge in [0.15, 0.2) is 0 Å². The Kier molecular flexibility index (Phi) is 5.28. The number of hydrogen-bond donors (Lipinski definition) is 1. The van der Waals surface area contributed by atoms with Crippen LogP contribution in [0.2, 0.25) is 0 Å². The van der Waals surface area contributed by atoms with Gasteiger partial charge in [0.25, 0.3) is 6.43 Å². The van der Waals surface area contributed by atoms with Crippen LogP contribution in [-0.4, -0.2) is 6.43 Å². The molecule has 0 amide bonds. The molecule has 1 nitrogen and oxygen atoms in total. The highest BCUT2D eigenvalue weighted by atomic mass is 35.5. The van der Waals surface area contributed by atoms with Crippen molar-refractivity contribution in [2.75, 3.05) is 0 Å². The normalized spacial score (nSPS) is 13.4. The van der Waals surface area contributed by atoms with Crippen LogP contribution in [-0.2, 0) is 6.18 Å². The molecular formula is C9H8ClF6N. The first-order valence-corrected chi connectivity index (χ1v) is 4.14. The Morgan fingerprint density at radius 3 is 2.06 bits per heavy atom. The summed E-state index contributed by atoms with van der Waals surface area (Å²) in [6.07, 6.45) is -8.06. The van der Waals surface area contributed by atoms with E-state index in [2.05, 4.69) is 0 Å². The molecule has 0 bridgehead atoms. The molecule has 0 saturated heterocycles. The number of hydrogen-bond acceptors (Lipinski definition) is 1. The molecule has 98 valence electrons. The van der Waals surface area contributed by atoms with Crippen LogP contribution >= 0.6 is 12.4 Å². The van der Waals surface area contributed by atoms with E-state index in [0.717, 1.165) is 12.1 Å². The van der Waals surface area contributed by atoms with Crippen LogP contribution in [0.4, 0.5) is 26.3 Å². The monoisotopic (exact) mass is 279 g/mol. The molecule has 0 aromatic heterocycles. The zero-order chi connectivity index (χ0) is 12.5. The van der Waals surface area contributed by atoms with E-state index in [-0.39, 0.29) is 12.4 Å². The van der Waals surface area contributed by atoms with Crippen molar-refractivity contribution in [3.05, 3.63) is 35.1 Å². The summed E-state index contributed by atoms with van der Waals surface area (Å²) in [7, 11) is 0. The summed E-state index contributed by atoms with van der Waals surface area (Å²) in [6, 6.07) is 0.0457. The number of alkyl halides is 5. The van der Waals surface area contributed by atoms with Gasteiger partial charge in [0.05, 0.1) is 11.6 Å². The van der Waals surface area contributed by atoms with Gasteiger partial charge in [-0.25, -0.2) is 13.2 Å². The zero-order valence-electron chi connectivity index (χ0n) is 8.14. The number of nitrogens with two attached hydrogens (primary N) is 1. The van der Waals surface area contributed by atoms with E-state index in [1.807, 2.05) is 0 Å². The summed E-state index contributed by atoms with van der Waals surface area (Å²) in [6.45, 7) is 0. The fraction of sp³-hybridized carbons (Fsp3) is 0.333. The van der Waals surface area contributed by atoms with Gasteiger partial charge in [0.1, 0.15) is 5.82 Å². The second kappa shape index (κ2) is 5.59. The molecule has 1 rings (SSSR count). The highest BCUT2D eigenvalue weighted by Crippen LogP contribution is 2.34. The molecule has 0 aliphatic carbocycles. The molecule has 1 aromatic rings. The van der Waals surface area contributed by atoms with Crippen molar-refractivity contribution in [3.63, 3.8) is 0 Å². The van der Waals surface area contributed by atoms with E-state index in [0.29, 0.717) is 6.07 Å². The quantitative estimate of drug-likeness (QED) is 0.824. The first-order valence-electron chi connectivity index (χ1n) is 4.14. The van der Waals surface area contributed by atoms with E-state index in [9.17, 15) is 26.3 Å². The molecule has 0 heterocycles. The van der Waals surface area contributed by atoms with Crippen molar-refractivity contribution in [1.29, 1.82) is 0 Å². The van der Waals surface area contributed by atoms with Gasteiger partial charge in [0, 0.05) is 5.56 Å². The average Bonchev–Trinajstić information content (AvgIpc) is 2.15. The molecule has 1 atom stereocenters. The molecule has 0 radical (unpaired) electrons. The van der Waals surface area contributed by atoms with Crippen LogP contribution in [0, 0.1) is 5.82 Å². The van der Waals surface area contributed by atoms with Gasteiger partial charge in [-0.1, -0.05) is 12.1 Å². The van der Waals surface area contributed by atoms with Gasteiger partial charge in [0.2, 0.25) is 0 Å². The van der Waals surface area contributed by atoms with Crippen LogP contribution in [0.25, 0.3) is 0 Å². The van der Waals surface area contributed by atoms with E-state index < -0.39 is 35.6 Å².